The van der Waals surface area contributed by atoms with E-state index < -0.39 is 0 Å². The van der Waals surface area contributed by atoms with Gasteiger partial charge < -0.3 is 14.5 Å². The maximum absolute atomic E-state index is 5.51. The normalized spacial score (nSPS) is 12.2. The second kappa shape index (κ2) is 7.68. The van der Waals surface area contributed by atoms with Gasteiger partial charge in [0.25, 0.3) is 0 Å². The molecule has 0 bridgehead atoms. The van der Waals surface area contributed by atoms with Crippen LogP contribution in [0.2, 0.25) is 0 Å². The van der Waals surface area contributed by atoms with E-state index >= 15 is 0 Å². The topological polar surface area (TPSA) is 34.4 Å². The Morgan fingerprint density at radius 3 is 2.67 bits per heavy atom. The largest absolute Gasteiger partial charge is 0.496 e. The van der Waals surface area contributed by atoms with Crippen molar-refractivity contribution in [1.29, 1.82) is 0 Å². The number of furan rings is 1. The van der Waals surface area contributed by atoms with Crippen LogP contribution < -0.4 is 10.1 Å². The van der Waals surface area contributed by atoms with Gasteiger partial charge in [0.15, 0.2) is 0 Å². The summed E-state index contributed by atoms with van der Waals surface area (Å²) in [4.78, 5) is 0. The molecule has 0 spiro atoms. The minimum Gasteiger partial charge on any atom is -0.496 e. The lowest BCUT2D eigenvalue weighted by Gasteiger charge is -2.17. The van der Waals surface area contributed by atoms with Crippen molar-refractivity contribution in [3.8, 4) is 16.9 Å². The number of hydrogen-bond donors (Lipinski definition) is 1. The summed E-state index contributed by atoms with van der Waals surface area (Å²) < 4.78 is 10.7. The highest BCUT2D eigenvalue weighted by atomic mass is 16.5. The van der Waals surface area contributed by atoms with Gasteiger partial charge in [-0.15, -0.1) is 0 Å². The maximum atomic E-state index is 5.51. The summed E-state index contributed by atoms with van der Waals surface area (Å²) in [6.45, 7) is 2.99. The van der Waals surface area contributed by atoms with Gasteiger partial charge in [-0.1, -0.05) is 48.5 Å². The number of methoxy groups -OCH3 is 1. The summed E-state index contributed by atoms with van der Waals surface area (Å²) in [5.74, 6) is 0.849. The van der Waals surface area contributed by atoms with E-state index in [4.69, 9.17) is 9.15 Å². The lowest BCUT2D eigenvalue weighted by molar-refractivity contribution is 0.416. The van der Waals surface area contributed by atoms with Gasteiger partial charge in [0.1, 0.15) is 5.75 Å². The molecule has 4 rings (SSSR count). The van der Waals surface area contributed by atoms with Crippen LogP contribution in [0.15, 0.2) is 83.7 Å². The smallest absolute Gasteiger partial charge is 0.126 e. The molecule has 1 atom stereocenters. The molecular weight excluding hydrogens is 334 g/mol. The van der Waals surface area contributed by atoms with Crippen molar-refractivity contribution in [2.75, 3.05) is 7.11 Å². The van der Waals surface area contributed by atoms with E-state index in [9.17, 15) is 0 Å². The Morgan fingerprint density at radius 1 is 1.00 bits per heavy atom. The minimum absolute atomic E-state index is 0.246. The summed E-state index contributed by atoms with van der Waals surface area (Å²) in [7, 11) is 1.69. The molecule has 1 unspecified atom stereocenters. The summed E-state index contributed by atoms with van der Waals surface area (Å²) in [6, 6.07) is 23.5. The predicted molar refractivity (Wildman–Crippen MR) is 110 cm³/mol. The zero-order valence-electron chi connectivity index (χ0n) is 15.6. The van der Waals surface area contributed by atoms with E-state index in [1.54, 1.807) is 19.6 Å². The fourth-order valence-electron chi connectivity index (χ4n) is 3.52. The third-order valence-corrected chi connectivity index (χ3v) is 5.00. The predicted octanol–water partition coefficient (Wildman–Crippen LogP) is 5.96. The van der Waals surface area contributed by atoms with Crippen LogP contribution in [0.25, 0.3) is 21.9 Å². The average molecular weight is 357 g/mol. The molecule has 0 aliphatic rings. The van der Waals surface area contributed by atoms with Crippen molar-refractivity contribution in [2.45, 2.75) is 19.5 Å². The number of hydrogen-bond acceptors (Lipinski definition) is 3. The standard InChI is InChI=1S/C24H23NO2/c1-17(21-9-5-7-19-6-3-4-8-22(19)21)25-15-18-10-11-24(26-2)23(14-18)20-12-13-27-16-20/h3-14,16-17,25H,15H2,1-2H3. The van der Waals surface area contributed by atoms with Crippen LogP contribution in [0.5, 0.6) is 5.75 Å². The Bertz CT molecular complexity index is 1030. The first kappa shape index (κ1) is 17.4. The Morgan fingerprint density at radius 2 is 1.85 bits per heavy atom. The number of ether oxygens (including phenoxy) is 1. The molecule has 0 saturated heterocycles. The highest BCUT2D eigenvalue weighted by molar-refractivity contribution is 5.86. The summed E-state index contributed by atoms with van der Waals surface area (Å²) in [5.41, 5.74) is 4.59. The van der Waals surface area contributed by atoms with Gasteiger partial charge in [-0.3, -0.25) is 0 Å². The van der Waals surface area contributed by atoms with E-state index in [1.807, 2.05) is 12.1 Å². The van der Waals surface area contributed by atoms with Gasteiger partial charge in [0.2, 0.25) is 0 Å². The quantitative estimate of drug-likeness (QED) is 0.462. The number of benzene rings is 3. The van der Waals surface area contributed by atoms with Crippen molar-refractivity contribution in [1.82, 2.24) is 5.32 Å². The highest BCUT2D eigenvalue weighted by Gasteiger charge is 2.11. The summed E-state index contributed by atoms with van der Waals surface area (Å²) in [6.07, 6.45) is 3.43. The van der Waals surface area contributed by atoms with Gasteiger partial charge >= 0.3 is 0 Å². The van der Waals surface area contributed by atoms with Crippen LogP contribution in [-0.4, -0.2) is 7.11 Å². The SMILES string of the molecule is COc1ccc(CNC(C)c2cccc3ccccc23)cc1-c1ccoc1. The van der Waals surface area contributed by atoms with Crippen LogP contribution in [-0.2, 0) is 6.54 Å². The number of rotatable bonds is 6. The Hall–Kier alpha value is -3.04. The van der Waals surface area contributed by atoms with Crippen molar-refractivity contribution >= 4 is 10.8 Å². The first-order valence-corrected chi connectivity index (χ1v) is 9.17. The third-order valence-electron chi connectivity index (χ3n) is 5.00. The maximum Gasteiger partial charge on any atom is 0.126 e. The van der Waals surface area contributed by atoms with E-state index in [0.717, 1.165) is 23.4 Å². The fraction of sp³-hybridized carbons (Fsp3) is 0.167. The number of nitrogens with one attached hydrogen (secondary N) is 1. The summed E-state index contributed by atoms with van der Waals surface area (Å²) >= 11 is 0. The van der Waals surface area contributed by atoms with Gasteiger partial charge in [0, 0.05) is 23.7 Å². The van der Waals surface area contributed by atoms with Crippen LogP contribution in [0.1, 0.15) is 24.1 Å². The molecule has 3 aromatic carbocycles. The van der Waals surface area contributed by atoms with Gasteiger partial charge in [-0.2, -0.15) is 0 Å². The fourth-order valence-corrected chi connectivity index (χ4v) is 3.52. The minimum atomic E-state index is 0.246. The van der Waals surface area contributed by atoms with Crippen molar-refractivity contribution in [3.05, 3.63) is 90.4 Å². The molecule has 0 aliphatic carbocycles. The molecule has 27 heavy (non-hydrogen) atoms. The molecule has 0 amide bonds. The third kappa shape index (κ3) is 3.60. The van der Waals surface area contributed by atoms with E-state index in [0.29, 0.717) is 0 Å². The molecule has 0 radical (unpaired) electrons. The van der Waals surface area contributed by atoms with Crippen LogP contribution >= 0.6 is 0 Å². The Labute approximate surface area is 159 Å². The Balaban J connectivity index is 1.55. The van der Waals surface area contributed by atoms with Crippen LogP contribution in [0.3, 0.4) is 0 Å². The average Bonchev–Trinajstić information content (AvgIpc) is 3.26. The molecule has 0 saturated carbocycles. The molecule has 1 N–H and O–H groups in total. The van der Waals surface area contributed by atoms with Crippen LogP contribution in [0, 0.1) is 0 Å². The van der Waals surface area contributed by atoms with E-state index in [2.05, 4.69) is 66.8 Å². The van der Waals surface area contributed by atoms with Crippen molar-refractivity contribution in [2.24, 2.45) is 0 Å². The number of fused-ring (bicyclic) bond motifs is 1. The molecule has 0 aliphatic heterocycles. The molecule has 0 fully saturated rings. The Kier molecular flexibility index (Phi) is 4.95. The molecule has 1 aromatic heterocycles. The van der Waals surface area contributed by atoms with Crippen molar-refractivity contribution < 1.29 is 9.15 Å². The molecule has 3 heteroatoms. The first-order chi connectivity index (χ1) is 13.3. The molecule has 4 aromatic rings. The lowest BCUT2D eigenvalue weighted by Crippen LogP contribution is -2.18. The monoisotopic (exact) mass is 357 g/mol. The molecule has 3 nitrogen and oxygen atoms in total. The second-order valence-corrected chi connectivity index (χ2v) is 6.72. The van der Waals surface area contributed by atoms with Crippen LogP contribution in [0.4, 0.5) is 0 Å². The zero-order chi connectivity index (χ0) is 18.6. The summed E-state index contributed by atoms with van der Waals surface area (Å²) in [5, 5.41) is 6.23. The van der Waals surface area contributed by atoms with Crippen molar-refractivity contribution in [3.63, 3.8) is 0 Å². The van der Waals surface area contributed by atoms with E-state index in [1.165, 1.54) is 21.9 Å². The first-order valence-electron chi connectivity index (χ1n) is 9.17. The van der Waals surface area contributed by atoms with Gasteiger partial charge in [-0.05, 0) is 47.0 Å². The molecule has 1 heterocycles. The van der Waals surface area contributed by atoms with E-state index in [-0.39, 0.29) is 6.04 Å². The zero-order valence-corrected chi connectivity index (χ0v) is 15.6. The molecular formula is C24H23NO2. The van der Waals surface area contributed by atoms with Gasteiger partial charge in [0.05, 0.1) is 19.6 Å². The highest BCUT2D eigenvalue weighted by Crippen LogP contribution is 2.31. The molecule has 136 valence electrons. The van der Waals surface area contributed by atoms with Gasteiger partial charge in [-0.25, -0.2) is 0 Å². The second-order valence-electron chi connectivity index (χ2n) is 6.72. The lowest BCUT2D eigenvalue weighted by atomic mass is 9.99.